The number of ether oxygens (including phenoxy) is 2. The molecule has 2 aromatic heterocycles. The lowest BCUT2D eigenvalue weighted by Crippen LogP contribution is -2.45. The summed E-state index contributed by atoms with van der Waals surface area (Å²) in [5.74, 6) is 0.731. The first-order valence-corrected chi connectivity index (χ1v) is 7.87. The van der Waals surface area contributed by atoms with E-state index < -0.39 is 0 Å². The molecule has 0 atom stereocenters. The largest absolute Gasteiger partial charge is 0.355 e. The predicted molar refractivity (Wildman–Crippen MR) is 78.2 cm³/mol. The Morgan fingerprint density at radius 2 is 1.95 bits per heavy atom. The Hall–Kier alpha value is -1.24. The van der Waals surface area contributed by atoms with E-state index in [1.165, 1.54) is 10.3 Å². The Bertz CT molecular complexity index is 626. The fourth-order valence-corrected chi connectivity index (χ4v) is 4.05. The summed E-state index contributed by atoms with van der Waals surface area (Å²) in [6.07, 6.45) is 3.48. The van der Waals surface area contributed by atoms with Gasteiger partial charge >= 0.3 is 0 Å². The van der Waals surface area contributed by atoms with Crippen LogP contribution in [0.15, 0.2) is 11.7 Å². The van der Waals surface area contributed by atoms with Crippen LogP contribution in [0.3, 0.4) is 0 Å². The summed E-state index contributed by atoms with van der Waals surface area (Å²) < 4.78 is 12.7. The van der Waals surface area contributed by atoms with Crippen LogP contribution in [0.2, 0.25) is 0 Å². The Labute approximate surface area is 121 Å². The van der Waals surface area contributed by atoms with Gasteiger partial charge in [0, 0.05) is 25.9 Å². The molecular weight excluding hydrogens is 274 g/mol. The lowest BCUT2D eigenvalue weighted by molar-refractivity contribution is -0.169. The molecule has 4 rings (SSSR count). The van der Waals surface area contributed by atoms with Crippen molar-refractivity contribution in [1.29, 1.82) is 0 Å². The second-order valence-corrected chi connectivity index (χ2v) is 6.27. The van der Waals surface area contributed by atoms with Crippen molar-refractivity contribution in [3.63, 3.8) is 0 Å². The number of piperidine rings is 1. The van der Waals surface area contributed by atoms with Crippen molar-refractivity contribution in [1.82, 2.24) is 9.97 Å². The van der Waals surface area contributed by atoms with Crippen molar-refractivity contribution in [3.8, 4) is 0 Å². The number of aromatic nitrogens is 2. The van der Waals surface area contributed by atoms with Gasteiger partial charge < -0.3 is 14.4 Å². The molecule has 0 N–H and O–H groups in total. The van der Waals surface area contributed by atoms with Gasteiger partial charge in [-0.3, -0.25) is 0 Å². The summed E-state index contributed by atoms with van der Waals surface area (Å²) in [5, 5.41) is 2.15. The first-order valence-electron chi connectivity index (χ1n) is 6.99. The summed E-state index contributed by atoms with van der Waals surface area (Å²) in [5.41, 5.74) is 2.30. The van der Waals surface area contributed by atoms with Gasteiger partial charge in [0.15, 0.2) is 5.79 Å². The topological polar surface area (TPSA) is 47.5 Å². The molecule has 2 aliphatic rings. The van der Waals surface area contributed by atoms with E-state index in [4.69, 9.17) is 9.47 Å². The number of fused-ring (bicyclic) bond motifs is 1. The number of hydrogen-bond donors (Lipinski definition) is 0. The molecule has 0 aromatic carbocycles. The zero-order valence-electron chi connectivity index (χ0n) is 11.5. The molecule has 0 saturated carbocycles. The second-order valence-electron chi connectivity index (χ2n) is 5.39. The van der Waals surface area contributed by atoms with Crippen molar-refractivity contribution >= 4 is 27.4 Å². The Kier molecular flexibility index (Phi) is 2.90. The van der Waals surface area contributed by atoms with E-state index in [0.29, 0.717) is 0 Å². The number of aryl methyl sites for hydroxylation is 1. The highest BCUT2D eigenvalue weighted by Gasteiger charge is 2.40. The highest BCUT2D eigenvalue weighted by atomic mass is 32.1. The SMILES string of the molecule is Cc1csc2c(N3CCC4(CC3)OCCO4)ncnc12. The van der Waals surface area contributed by atoms with Crippen LogP contribution in [0.5, 0.6) is 0 Å². The minimum atomic E-state index is -0.325. The van der Waals surface area contributed by atoms with Gasteiger partial charge in [-0.15, -0.1) is 11.3 Å². The maximum Gasteiger partial charge on any atom is 0.171 e. The van der Waals surface area contributed by atoms with Crippen LogP contribution in [0, 0.1) is 6.92 Å². The van der Waals surface area contributed by atoms with Crippen LogP contribution < -0.4 is 4.90 Å². The summed E-state index contributed by atoms with van der Waals surface area (Å²) in [6.45, 7) is 5.39. The molecule has 106 valence electrons. The van der Waals surface area contributed by atoms with E-state index in [1.807, 2.05) is 0 Å². The minimum Gasteiger partial charge on any atom is -0.355 e. The van der Waals surface area contributed by atoms with E-state index in [0.717, 1.165) is 50.5 Å². The standard InChI is InChI=1S/C14H17N3O2S/c1-10-8-20-12-11(10)15-9-16-13(12)17-4-2-14(3-5-17)18-6-7-19-14/h8-9H,2-7H2,1H3. The fourth-order valence-electron chi connectivity index (χ4n) is 3.03. The first-order chi connectivity index (χ1) is 9.77. The molecule has 2 fully saturated rings. The van der Waals surface area contributed by atoms with Gasteiger partial charge in [0.05, 0.1) is 23.4 Å². The third kappa shape index (κ3) is 1.90. The number of nitrogens with zero attached hydrogens (tertiary/aromatic N) is 3. The van der Waals surface area contributed by atoms with E-state index in [2.05, 4.69) is 27.2 Å². The van der Waals surface area contributed by atoms with Gasteiger partial charge in [-0.1, -0.05) is 0 Å². The summed E-state index contributed by atoms with van der Waals surface area (Å²) in [4.78, 5) is 11.2. The zero-order chi connectivity index (χ0) is 13.6. The third-order valence-electron chi connectivity index (χ3n) is 4.15. The smallest absolute Gasteiger partial charge is 0.171 e. The first kappa shape index (κ1) is 12.5. The average Bonchev–Trinajstić information content (AvgIpc) is 3.08. The molecule has 0 radical (unpaired) electrons. The van der Waals surface area contributed by atoms with Gasteiger partial charge in [-0.2, -0.15) is 0 Å². The van der Waals surface area contributed by atoms with Crippen LogP contribution in [-0.2, 0) is 9.47 Å². The van der Waals surface area contributed by atoms with Crippen LogP contribution in [0.4, 0.5) is 5.82 Å². The van der Waals surface area contributed by atoms with E-state index >= 15 is 0 Å². The molecule has 0 unspecified atom stereocenters. The molecule has 2 aliphatic heterocycles. The monoisotopic (exact) mass is 291 g/mol. The van der Waals surface area contributed by atoms with Crippen LogP contribution in [0.25, 0.3) is 10.2 Å². The van der Waals surface area contributed by atoms with E-state index in [-0.39, 0.29) is 5.79 Å². The van der Waals surface area contributed by atoms with Gasteiger partial charge in [0.25, 0.3) is 0 Å². The van der Waals surface area contributed by atoms with Crippen molar-refractivity contribution in [2.45, 2.75) is 25.6 Å². The molecule has 4 heterocycles. The highest BCUT2D eigenvalue weighted by molar-refractivity contribution is 7.18. The zero-order valence-corrected chi connectivity index (χ0v) is 12.3. The third-order valence-corrected chi connectivity index (χ3v) is 5.23. The van der Waals surface area contributed by atoms with Crippen LogP contribution in [0.1, 0.15) is 18.4 Å². The Morgan fingerprint density at radius 3 is 2.70 bits per heavy atom. The molecule has 0 aliphatic carbocycles. The molecule has 1 spiro atoms. The van der Waals surface area contributed by atoms with Crippen LogP contribution >= 0.6 is 11.3 Å². The van der Waals surface area contributed by atoms with Crippen LogP contribution in [-0.4, -0.2) is 42.1 Å². The lowest BCUT2D eigenvalue weighted by atomic mass is 10.0. The minimum absolute atomic E-state index is 0.325. The maximum absolute atomic E-state index is 5.78. The number of anilines is 1. The highest BCUT2D eigenvalue weighted by Crippen LogP contribution is 2.36. The predicted octanol–water partition coefficient (Wildman–Crippen LogP) is 2.34. The van der Waals surface area contributed by atoms with Gasteiger partial charge in [-0.05, 0) is 17.9 Å². The molecule has 0 amide bonds. The molecule has 2 saturated heterocycles. The van der Waals surface area contributed by atoms with E-state index in [9.17, 15) is 0 Å². The van der Waals surface area contributed by atoms with Gasteiger partial charge in [-0.25, -0.2) is 9.97 Å². The van der Waals surface area contributed by atoms with Crippen molar-refractivity contribution in [2.75, 3.05) is 31.2 Å². The molecular formula is C14H17N3O2S. The number of rotatable bonds is 1. The van der Waals surface area contributed by atoms with Crippen molar-refractivity contribution in [3.05, 3.63) is 17.3 Å². The molecule has 20 heavy (non-hydrogen) atoms. The number of hydrogen-bond acceptors (Lipinski definition) is 6. The van der Waals surface area contributed by atoms with E-state index in [1.54, 1.807) is 17.7 Å². The lowest BCUT2D eigenvalue weighted by Gasteiger charge is -2.38. The Balaban J connectivity index is 1.61. The van der Waals surface area contributed by atoms with Gasteiger partial charge in [0.1, 0.15) is 12.1 Å². The molecule has 2 aromatic rings. The fraction of sp³-hybridized carbons (Fsp3) is 0.571. The normalized spacial score (nSPS) is 21.9. The second kappa shape index (κ2) is 4.65. The molecule has 5 nitrogen and oxygen atoms in total. The number of thiophene rings is 1. The van der Waals surface area contributed by atoms with Gasteiger partial charge in [0.2, 0.25) is 0 Å². The summed E-state index contributed by atoms with van der Waals surface area (Å²) in [7, 11) is 0. The average molecular weight is 291 g/mol. The summed E-state index contributed by atoms with van der Waals surface area (Å²) >= 11 is 1.73. The van der Waals surface area contributed by atoms with Crippen molar-refractivity contribution < 1.29 is 9.47 Å². The molecule has 0 bridgehead atoms. The Morgan fingerprint density at radius 1 is 1.20 bits per heavy atom. The maximum atomic E-state index is 5.78. The van der Waals surface area contributed by atoms with Crippen molar-refractivity contribution in [2.24, 2.45) is 0 Å². The molecule has 6 heteroatoms. The summed E-state index contributed by atoms with van der Waals surface area (Å²) in [6, 6.07) is 0. The quantitative estimate of drug-likeness (QED) is 0.807.